The minimum Gasteiger partial charge on any atom is -0.393 e. The van der Waals surface area contributed by atoms with Gasteiger partial charge in [-0.1, -0.05) is 6.07 Å². The van der Waals surface area contributed by atoms with Gasteiger partial charge in [0.1, 0.15) is 16.2 Å². The number of fused-ring (bicyclic) bond motifs is 1. The van der Waals surface area contributed by atoms with Crippen LogP contribution in [0.25, 0.3) is 0 Å². The summed E-state index contributed by atoms with van der Waals surface area (Å²) in [6.07, 6.45) is -1.26. The lowest BCUT2D eigenvalue weighted by molar-refractivity contribution is -0.0230. The lowest BCUT2D eigenvalue weighted by Crippen LogP contribution is -2.32. The average molecular weight is 241 g/mol. The fourth-order valence-electron chi connectivity index (χ4n) is 1.58. The minimum atomic E-state index is -4.09. The van der Waals surface area contributed by atoms with Gasteiger partial charge in [-0.25, -0.2) is 4.79 Å². The fourth-order valence-corrected chi connectivity index (χ4v) is 2.92. The molecule has 0 fully saturated rings. The normalized spacial score (nSPS) is 20.1. The van der Waals surface area contributed by atoms with Gasteiger partial charge in [0, 0.05) is 0 Å². The standard InChI is InChI=1S/C8H3NO6S/c10-7-6-4-2-1-3-5(6)16(12,13)9(7)15-8(11)14-4/h1-3H. The van der Waals surface area contributed by atoms with Gasteiger partial charge in [0.2, 0.25) is 0 Å². The van der Waals surface area contributed by atoms with E-state index in [4.69, 9.17) is 0 Å². The van der Waals surface area contributed by atoms with Crippen LogP contribution >= 0.6 is 0 Å². The third-order valence-corrected chi connectivity index (χ3v) is 3.79. The molecule has 3 rings (SSSR count). The van der Waals surface area contributed by atoms with Crippen LogP contribution in [-0.4, -0.2) is 24.9 Å². The predicted molar refractivity (Wildman–Crippen MR) is 46.9 cm³/mol. The number of carbonyl (C=O) groups is 2. The van der Waals surface area contributed by atoms with Gasteiger partial charge in [-0.15, -0.1) is 0 Å². The molecule has 0 atom stereocenters. The highest BCUT2D eigenvalue weighted by atomic mass is 32.2. The zero-order valence-corrected chi connectivity index (χ0v) is 8.35. The number of carbonyl (C=O) groups excluding carboxylic acids is 2. The van der Waals surface area contributed by atoms with Gasteiger partial charge in [-0.3, -0.25) is 9.63 Å². The van der Waals surface area contributed by atoms with E-state index >= 15 is 0 Å². The van der Waals surface area contributed by atoms with Crippen molar-refractivity contribution in [3.63, 3.8) is 0 Å². The molecule has 2 heterocycles. The first-order chi connectivity index (χ1) is 7.51. The van der Waals surface area contributed by atoms with E-state index < -0.39 is 22.1 Å². The summed E-state index contributed by atoms with van der Waals surface area (Å²) in [5, 5.41) is 0. The van der Waals surface area contributed by atoms with Crippen LogP contribution in [0, 0.1) is 0 Å². The second-order valence-corrected chi connectivity index (χ2v) is 4.83. The van der Waals surface area contributed by atoms with E-state index in [0.717, 1.165) is 0 Å². The summed E-state index contributed by atoms with van der Waals surface area (Å²) in [4.78, 5) is 26.7. The van der Waals surface area contributed by atoms with Gasteiger partial charge in [0.15, 0.2) is 0 Å². The van der Waals surface area contributed by atoms with Crippen LogP contribution in [0.3, 0.4) is 0 Å². The minimum absolute atomic E-state index is 0.0382. The SMILES string of the molecule is O=C1Oc2cccc3c2C(=O)N(O1)S3(=O)=O. The molecule has 1 amide bonds. The molecule has 1 aromatic rings. The summed E-state index contributed by atoms with van der Waals surface area (Å²) < 4.78 is 28.1. The first kappa shape index (κ1) is 9.16. The summed E-state index contributed by atoms with van der Waals surface area (Å²) in [6.45, 7) is 0. The third kappa shape index (κ3) is 0.890. The van der Waals surface area contributed by atoms with Crippen LogP contribution in [0.4, 0.5) is 4.79 Å². The number of ether oxygens (including phenoxy) is 1. The quantitative estimate of drug-likeness (QED) is 0.478. The third-order valence-electron chi connectivity index (χ3n) is 2.21. The van der Waals surface area contributed by atoms with E-state index in [1.807, 2.05) is 0 Å². The highest BCUT2D eigenvalue weighted by Crippen LogP contribution is 2.38. The Labute approximate surface area is 89.2 Å². The van der Waals surface area contributed by atoms with Crippen molar-refractivity contribution in [2.45, 2.75) is 4.90 Å². The van der Waals surface area contributed by atoms with Crippen molar-refractivity contribution in [2.75, 3.05) is 0 Å². The van der Waals surface area contributed by atoms with Crippen molar-refractivity contribution < 1.29 is 27.6 Å². The molecule has 0 saturated heterocycles. The van der Waals surface area contributed by atoms with E-state index in [1.54, 1.807) is 0 Å². The number of hydroxylamine groups is 1. The van der Waals surface area contributed by atoms with Crippen LogP contribution in [0.1, 0.15) is 10.4 Å². The van der Waals surface area contributed by atoms with Gasteiger partial charge in [0.25, 0.3) is 10.0 Å². The highest BCUT2D eigenvalue weighted by Gasteiger charge is 2.49. The molecule has 82 valence electrons. The molecule has 2 aliphatic heterocycles. The van der Waals surface area contributed by atoms with Gasteiger partial charge >= 0.3 is 12.1 Å². The topological polar surface area (TPSA) is 90.0 Å². The van der Waals surface area contributed by atoms with Crippen molar-refractivity contribution in [1.82, 2.24) is 4.47 Å². The fraction of sp³-hybridized carbons (Fsp3) is 0. The molecule has 0 radical (unpaired) electrons. The number of amides is 1. The Balaban J connectivity index is 2.46. The van der Waals surface area contributed by atoms with Crippen molar-refractivity contribution in [3.8, 4) is 5.75 Å². The Hall–Kier alpha value is -2.09. The zero-order chi connectivity index (χ0) is 11.5. The number of sulfonamides is 1. The maximum absolute atomic E-state index is 11.7. The van der Waals surface area contributed by atoms with Crippen LogP contribution in [0.15, 0.2) is 23.1 Å². The second kappa shape index (κ2) is 2.53. The summed E-state index contributed by atoms with van der Waals surface area (Å²) in [5.41, 5.74) is -0.173. The number of rotatable bonds is 0. The molecule has 7 nitrogen and oxygen atoms in total. The summed E-state index contributed by atoms with van der Waals surface area (Å²) in [7, 11) is -4.09. The first-order valence-electron chi connectivity index (χ1n) is 4.14. The van der Waals surface area contributed by atoms with Gasteiger partial charge < -0.3 is 4.74 Å². The van der Waals surface area contributed by atoms with Crippen LogP contribution < -0.4 is 4.74 Å². The molecular formula is C8H3NO6S. The van der Waals surface area contributed by atoms with Gasteiger partial charge in [-0.05, 0) is 16.6 Å². The number of nitrogens with zero attached hydrogens (tertiary/aromatic N) is 1. The van der Waals surface area contributed by atoms with E-state index in [2.05, 4.69) is 9.57 Å². The summed E-state index contributed by atoms with van der Waals surface area (Å²) >= 11 is 0. The molecule has 0 aromatic heterocycles. The van der Waals surface area contributed by atoms with Crippen molar-refractivity contribution in [1.29, 1.82) is 0 Å². The van der Waals surface area contributed by atoms with Crippen molar-refractivity contribution in [2.24, 2.45) is 0 Å². The zero-order valence-electron chi connectivity index (χ0n) is 7.54. The lowest BCUT2D eigenvalue weighted by atomic mass is 10.2. The molecule has 2 aliphatic rings. The Morgan fingerprint density at radius 2 is 1.94 bits per heavy atom. The predicted octanol–water partition coefficient (Wildman–Crippen LogP) is 0.275. The summed E-state index contributed by atoms with van der Waals surface area (Å²) in [5.74, 6) is -1.03. The van der Waals surface area contributed by atoms with E-state index in [9.17, 15) is 18.0 Å². The highest BCUT2D eigenvalue weighted by molar-refractivity contribution is 7.90. The van der Waals surface area contributed by atoms with Crippen molar-refractivity contribution in [3.05, 3.63) is 23.8 Å². The molecule has 2 bridgehead atoms. The molecule has 8 heteroatoms. The van der Waals surface area contributed by atoms with E-state index in [-0.39, 0.29) is 20.7 Å². The Bertz CT molecular complexity index is 634. The maximum Gasteiger partial charge on any atom is 0.540 e. The van der Waals surface area contributed by atoms with Gasteiger partial charge in [-0.2, -0.15) is 8.42 Å². The maximum atomic E-state index is 11.7. The number of benzene rings is 1. The van der Waals surface area contributed by atoms with Gasteiger partial charge in [0.05, 0.1) is 0 Å². The van der Waals surface area contributed by atoms with Crippen LogP contribution in [0.2, 0.25) is 0 Å². The van der Waals surface area contributed by atoms with Crippen LogP contribution in [-0.2, 0) is 14.9 Å². The Morgan fingerprint density at radius 3 is 2.69 bits per heavy atom. The Kier molecular flexibility index (Phi) is 1.45. The Morgan fingerprint density at radius 1 is 1.19 bits per heavy atom. The second-order valence-electron chi connectivity index (χ2n) is 3.11. The molecule has 1 aromatic carbocycles. The average Bonchev–Trinajstić information content (AvgIpc) is 2.35. The molecule has 0 saturated carbocycles. The monoisotopic (exact) mass is 241 g/mol. The molecule has 16 heavy (non-hydrogen) atoms. The number of hydrogen-bond acceptors (Lipinski definition) is 6. The first-order valence-corrected chi connectivity index (χ1v) is 5.58. The summed E-state index contributed by atoms with van der Waals surface area (Å²) in [6, 6.07) is 3.94. The van der Waals surface area contributed by atoms with Crippen molar-refractivity contribution >= 4 is 22.1 Å². The number of hydrogen-bond donors (Lipinski definition) is 0. The molecule has 0 spiro atoms. The molecular weight excluding hydrogens is 238 g/mol. The smallest absolute Gasteiger partial charge is 0.393 e. The van der Waals surface area contributed by atoms with E-state index in [1.165, 1.54) is 18.2 Å². The largest absolute Gasteiger partial charge is 0.540 e. The molecule has 0 aliphatic carbocycles. The lowest BCUT2D eigenvalue weighted by Gasteiger charge is -2.12. The molecule has 0 N–H and O–H groups in total. The van der Waals surface area contributed by atoms with E-state index in [0.29, 0.717) is 0 Å². The molecule has 0 unspecified atom stereocenters. The van der Waals surface area contributed by atoms with Crippen LogP contribution in [0.5, 0.6) is 5.75 Å².